The van der Waals surface area contributed by atoms with Crippen molar-refractivity contribution in [1.29, 1.82) is 0 Å². The second-order valence-corrected chi connectivity index (χ2v) is 7.76. The van der Waals surface area contributed by atoms with Crippen LogP contribution >= 0.6 is 0 Å². The van der Waals surface area contributed by atoms with Gasteiger partial charge >= 0.3 is 0 Å². The Labute approximate surface area is 180 Å². The predicted molar refractivity (Wildman–Crippen MR) is 116 cm³/mol. The lowest BCUT2D eigenvalue weighted by Crippen LogP contribution is -2.32. The molecule has 0 aliphatic carbocycles. The molecule has 162 valence electrons. The summed E-state index contributed by atoms with van der Waals surface area (Å²) in [5.41, 5.74) is 1.84. The first-order valence-corrected chi connectivity index (χ1v) is 10.3. The van der Waals surface area contributed by atoms with E-state index in [0.717, 1.165) is 37.4 Å². The van der Waals surface area contributed by atoms with Gasteiger partial charge in [-0.1, -0.05) is 0 Å². The summed E-state index contributed by atoms with van der Waals surface area (Å²) in [7, 11) is 3.81. The van der Waals surface area contributed by atoms with Crippen LogP contribution in [0.25, 0.3) is 16.9 Å². The first-order valence-electron chi connectivity index (χ1n) is 10.3. The third-order valence-electron chi connectivity index (χ3n) is 5.38. The fraction of sp³-hybridized carbons (Fsp3) is 0.364. The number of rotatable bonds is 6. The smallest absolute Gasteiger partial charge is 0.252 e. The maximum absolute atomic E-state index is 12.4. The van der Waals surface area contributed by atoms with Gasteiger partial charge in [-0.3, -0.25) is 4.79 Å². The molecule has 9 heteroatoms. The number of aromatic nitrogens is 4. The van der Waals surface area contributed by atoms with Gasteiger partial charge in [0, 0.05) is 46.2 Å². The van der Waals surface area contributed by atoms with Crippen molar-refractivity contribution >= 4 is 11.7 Å². The Morgan fingerprint density at radius 2 is 2.03 bits per heavy atom. The Balaban J connectivity index is 1.47. The van der Waals surface area contributed by atoms with Crippen molar-refractivity contribution in [2.75, 3.05) is 38.8 Å². The van der Waals surface area contributed by atoms with Gasteiger partial charge in [0.2, 0.25) is 5.88 Å². The van der Waals surface area contributed by atoms with Gasteiger partial charge in [0.1, 0.15) is 5.82 Å². The number of amides is 1. The van der Waals surface area contributed by atoms with Crippen LogP contribution in [0.15, 0.2) is 42.9 Å². The first-order chi connectivity index (χ1) is 15.0. The zero-order valence-corrected chi connectivity index (χ0v) is 17.7. The molecule has 3 aromatic rings. The highest BCUT2D eigenvalue weighted by atomic mass is 16.5. The Morgan fingerprint density at radius 3 is 2.74 bits per heavy atom. The lowest BCUT2D eigenvalue weighted by Gasteiger charge is -2.22. The highest BCUT2D eigenvalue weighted by Gasteiger charge is 2.17. The number of hydrogen-bond acceptors (Lipinski definition) is 7. The number of ether oxygens (including phenoxy) is 1. The third-order valence-corrected chi connectivity index (χ3v) is 5.38. The maximum atomic E-state index is 12.4. The Kier molecular flexibility index (Phi) is 6.13. The van der Waals surface area contributed by atoms with Gasteiger partial charge in [0.05, 0.1) is 17.3 Å². The molecule has 2 N–H and O–H groups in total. The molecule has 9 nitrogen and oxygen atoms in total. The molecule has 1 amide bonds. The molecule has 0 bridgehead atoms. The molecule has 31 heavy (non-hydrogen) atoms. The van der Waals surface area contributed by atoms with Gasteiger partial charge in [0.15, 0.2) is 5.82 Å². The molecule has 0 atom stereocenters. The molecule has 4 rings (SSSR count). The summed E-state index contributed by atoms with van der Waals surface area (Å²) >= 11 is 0. The molecular weight excluding hydrogens is 396 g/mol. The fourth-order valence-corrected chi connectivity index (χ4v) is 3.48. The molecule has 1 fully saturated rings. The number of pyridine rings is 2. The van der Waals surface area contributed by atoms with Crippen molar-refractivity contribution in [2.45, 2.75) is 12.8 Å². The maximum Gasteiger partial charge on any atom is 0.252 e. The zero-order chi connectivity index (χ0) is 21.8. The molecule has 1 aliphatic rings. The molecule has 0 saturated carbocycles. The van der Waals surface area contributed by atoms with Gasteiger partial charge in [-0.2, -0.15) is 9.78 Å². The van der Waals surface area contributed by atoms with Crippen LogP contribution in [0.5, 0.6) is 5.88 Å². The van der Waals surface area contributed by atoms with Gasteiger partial charge in [0.25, 0.3) is 5.91 Å². The van der Waals surface area contributed by atoms with Crippen molar-refractivity contribution in [3.8, 4) is 22.8 Å². The molecule has 0 radical (unpaired) electrons. The zero-order valence-electron chi connectivity index (χ0n) is 17.7. The van der Waals surface area contributed by atoms with E-state index in [1.807, 2.05) is 31.1 Å². The predicted octanol–water partition coefficient (Wildman–Crippen LogP) is 2.26. The van der Waals surface area contributed by atoms with Crippen molar-refractivity contribution in [1.82, 2.24) is 25.1 Å². The van der Waals surface area contributed by atoms with E-state index in [0.29, 0.717) is 29.4 Å². The standard InChI is InChI=1S/C22H26N6O3/c1-27(2)20-11-16(5-8-23-20)18-14-26-28(22(18)30)19-4-3-17(13-24-19)21(29)25-12-15-6-9-31-10-7-15/h3-5,8,11,13-15,30H,6-7,9-10,12H2,1-2H3,(H,25,29). The van der Waals surface area contributed by atoms with E-state index in [1.54, 1.807) is 24.5 Å². The summed E-state index contributed by atoms with van der Waals surface area (Å²) in [5, 5.41) is 17.9. The average Bonchev–Trinajstić information content (AvgIpc) is 3.19. The second-order valence-electron chi connectivity index (χ2n) is 7.76. The van der Waals surface area contributed by atoms with Gasteiger partial charge < -0.3 is 20.1 Å². The van der Waals surface area contributed by atoms with Crippen molar-refractivity contribution < 1.29 is 14.6 Å². The minimum absolute atomic E-state index is 0.0277. The molecule has 1 saturated heterocycles. The van der Waals surface area contributed by atoms with E-state index in [2.05, 4.69) is 20.4 Å². The number of carbonyl (C=O) groups is 1. The number of nitrogens with one attached hydrogen (secondary N) is 1. The first kappa shape index (κ1) is 20.8. The molecule has 0 aromatic carbocycles. The van der Waals surface area contributed by atoms with Crippen LogP contribution in [0.2, 0.25) is 0 Å². The molecular formula is C22H26N6O3. The molecule has 1 aliphatic heterocycles. The quantitative estimate of drug-likeness (QED) is 0.628. The summed E-state index contributed by atoms with van der Waals surface area (Å²) in [6, 6.07) is 7.03. The monoisotopic (exact) mass is 422 g/mol. The highest BCUT2D eigenvalue weighted by molar-refractivity contribution is 5.93. The molecule has 0 spiro atoms. The Bertz CT molecular complexity index is 1040. The number of carbonyl (C=O) groups excluding carboxylic acids is 1. The van der Waals surface area contributed by atoms with Gasteiger partial charge in [-0.05, 0) is 48.6 Å². The average molecular weight is 422 g/mol. The van der Waals surface area contributed by atoms with Crippen LogP contribution < -0.4 is 10.2 Å². The van der Waals surface area contributed by atoms with Crippen LogP contribution in [0, 0.1) is 5.92 Å². The summed E-state index contributed by atoms with van der Waals surface area (Å²) in [5.74, 6) is 1.46. The Morgan fingerprint density at radius 1 is 1.23 bits per heavy atom. The van der Waals surface area contributed by atoms with E-state index in [-0.39, 0.29) is 11.8 Å². The number of nitrogens with zero attached hydrogens (tertiary/aromatic N) is 5. The molecule has 4 heterocycles. The largest absolute Gasteiger partial charge is 0.493 e. The Hall–Kier alpha value is -3.46. The lowest BCUT2D eigenvalue weighted by molar-refractivity contribution is 0.0642. The van der Waals surface area contributed by atoms with Crippen LogP contribution in [-0.4, -0.2) is 64.6 Å². The minimum atomic E-state index is -0.163. The normalized spacial score (nSPS) is 14.4. The van der Waals surface area contributed by atoms with E-state index in [4.69, 9.17) is 4.74 Å². The highest BCUT2D eigenvalue weighted by Crippen LogP contribution is 2.31. The number of aromatic hydroxyl groups is 1. The minimum Gasteiger partial charge on any atom is -0.493 e. The molecule has 0 unspecified atom stereocenters. The summed E-state index contributed by atoms with van der Waals surface area (Å²) in [6.45, 7) is 2.14. The number of anilines is 1. The van der Waals surface area contributed by atoms with Crippen molar-refractivity contribution in [3.63, 3.8) is 0 Å². The van der Waals surface area contributed by atoms with Gasteiger partial charge in [-0.25, -0.2) is 9.97 Å². The second kappa shape index (κ2) is 9.13. The molecule has 3 aromatic heterocycles. The number of hydrogen-bond donors (Lipinski definition) is 2. The third kappa shape index (κ3) is 4.66. The lowest BCUT2D eigenvalue weighted by atomic mass is 10.0. The van der Waals surface area contributed by atoms with Crippen molar-refractivity contribution in [3.05, 3.63) is 48.4 Å². The van der Waals surface area contributed by atoms with Crippen LogP contribution in [0.4, 0.5) is 5.82 Å². The van der Waals surface area contributed by atoms with E-state index in [9.17, 15) is 9.90 Å². The van der Waals surface area contributed by atoms with Crippen LogP contribution in [-0.2, 0) is 4.74 Å². The summed E-state index contributed by atoms with van der Waals surface area (Å²) < 4.78 is 6.69. The van der Waals surface area contributed by atoms with E-state index in [1.165, 1.54) is 10.9 Å². The summed E-state index contributed by atoms with van der Waals surface area (Å²) in [6.07, 6.45) is 6.69. The SMILES string of the molecule is CN(C)c1cc(-c2cnn(-c3ccc(C(=O)NCC4CCOCC4)cn3)c2O)ccn1. The van der Waals surface area contributed by atoms with Crippen LogP contribution in [0.1, 0.15) is 23.2 Å². The topological polar surface area (TPSA) is 105 Å². The van der Waals surface area contributed by atoms with E-state index >= 15 is 0 Å². The summed E-state index contributed by atoms with van der Waals surface area (Å²) in [4.78, 5) is 22.9. The van der Waals surface area contributed by atoms with Crippen molar-refractivity contribution in [2.24, 2.45) is 5.92 Å². The van der Waals surface area contributed by atoms with Crippen LogP contribution in [0.3, 0.4) is 0 Å². The fourth-order valence-electron chi connectivity index (χ4n) is 3.48. The van der Waals surface area contributed by atoms with Gasteiger partial charge in [-0.15, -0.1) is 0 Å². The van der Waals surface area contributed by atoms with E-state index < -0.39 is 0 Å².